The Hall–Kier alpha value is -1.84. The smallest absolute Gasteiger partial charge is 0.249 e. The van der Waals surface area contributed by atoms with Crippen LogP contribution >= 0.6 is 0 Å². The maximum absolute atomic E-state index is 13.3. The molecule has 1 aromatic carbocycles. The molecular weight excluding hydrogens is 288 g/mol. The number of carbonyl (C=O) groups is 2. The standard InChI is InChI=1S/C19H26N2O2/c1-3-18(4-2)17(23)21(14-15-10-6-5-7-11-15)19(16(22)20-18)12-8-9-13-19/h5-7,10-11H,3-4,8-9,12-14H2,1-2H3,(H,20,22). The van der Waals surface area contributed by atoms with Gasteiger partial charge >= 0.3 is 0 Å². The van der Waals surface area contributed by atoms with Crippen molar-refractivity contribution in [3.8, 4) is 0 Å². The lowest BCUT2D eigenvalue weighted by atomic mass is 9.80. The zero-order valence-electron chi connectivity index (χ0n) is 14.1. The van der Waals surface area contributed by atoms with Crippen molar-refractivity contribution < 1.29 is 9.59 Å². The summed E-state index contributed by atoms with van der Waals surface area (Å²) in [6, 6.07) is 10.0. The fourth-order valence-corrected chi connectivity index (χ4v) is 4.14. The fraction of sp³-hybridized carbons (Fsp3) is 0.579. The predicted octanol–water partition coefficient (Wildman–Crippen LogP) is 3.02. The van der Waals surface area contributed by atoms with E-state index in [0.29, 0.717) is 19.4 Å². The zero-order valence-corrected chi connectivity index (χ0v) is 14.1. The van der Waals surface area contributed by atoms with E-state index in [1.807, 2.05) is 49.1 Å². The summed E-state index contributed by atoms with van der Waals surface area (Å²) in [5.74, 6) is 0.141. The number of nitrogens with one attached hydrogen (secondary N) is 1. The second kappa shape index (κ2) is 5.99. The second-order valence-corrected chi connectivity index (χ2v) is 6.86. The van der Waals surface area contributed by atoms with Gasteiger partial charge in [-0.05, 0) is 31.2 Å². The van der Waals surface area contributed by atoms with E-state index in [9.17, 15) is 9.59 Å². The van der Waals surface area contributed by atoms with Crippen molar-refractivity contribution >= 4 is 11.8 Å². The minimum absolute atomic E-state index is 0.0502. The average Bonchev–Trinajstić information content (AvgIpc) is 3.07. The molecule has 2 fully saturated rings. The highest BCUT2D eigenvalue weighted by Gasteiger charge is 2.57. The summed E-state index contributed by atoms with van der Waals surface area (Å²) in [5, 5.41) is 3.10. The number of amides is 2. The molecule has 1 spiro atoms. The first-order chi connectivity index (χ1) is 11.1. The first kappa shape index (κ1) is 16.0. The molecule has 1 saturated heterocycles. The van der Waals surface area contributed by atoms with E-state index >= 15 is 0 Å². The summed E-state index contributed by atoms with van der Waals surface area (Å²) < 4.78 is 0. The average molecular weight is 314 g/mol. The normalized spacial score (nSPS) is 22.4. The van der Waals surface area contributed by atoms with Gasteiger partial charge in [-0.1, -0.05) is 57.0 Å². The number of nitrogens with zero attached hydrogens (tertiary/aromatic N) is 1. The summed E-state index contributed by atoms with van der Waals surface area (Å²) in [6.45, 7) is 4.49. The van der Waals surface area contributed by atoms with Crippen molar-refractivity contribution in [3.05, 3.63) is 35.9 Å². The summed E-state index contributed by atoms with van der Waals surface area (Å²) >= 11 is 0. The molecule has 1 aliphatic carbocycles. The van der Waals surface area contributed by atoms with Crippen molar-refractivity contribution in [2.45, 2.75) is 70.0 Å². The van der Waals surface area contributed by atoms with E-state index in [0.717, 1.165) is 31.2 Å². The summed E-state index contributed by atoms with van der Waals surface area (Å²) in [5.41, 5.74) is -0.288. The van der Waals surface area contributed by atoms with Crippen LogP contribution in [0, 0.1) is 0 Å². The topological polar surface area (TPSA) is 49.4 Å². The van der Waals surface area contributed by atoms with Crippen LogP contribution in [0.3, 0.4) is 0 Å². The SMILES string of the molecule is CCC1(CC)NC(=O)C2(CCCC2)N(Cc2ccccc2)C1=O. The van der Waals surface area contributed by atoms with Crippen LogP contribution in [0.25, 0.3) is 0 Å². The maximum Gasteiger partial charge on any atom is 0.249 e. The van der Waals surface area contributed by atoms with E-state index in [1.54, 1.807) is 0 Å². The predicted molar refractivity (Wildman–Crippen MR) is 89.6 cm³/mol. The van der Waals surface area contributed by atoms with Gasteiger partial charge in [0.1, 0.15) is 11.1 Å². The molecule has 124 valence electrons. The molecule has 0 bridgehead atoms. The Morgan fingerprint density at radius 3 is 2.22 bits per heavy atom. The number of benzene rings is 1. The minimum Gasteiger partial charge on any atom is -0.340 e. The van der Waals surface area contributed by atoms with E-state index < -0.39 is 11.1 Å². The first-order valence-electron chi connectivity index (χ1n) is 8.76. The first-order valence-corrected chi connectivity index (χ1v) is 8.76. The molecule has 4 nitrogen and oxygen atoms in total. The monoisotopic (exact) mass is 314 g/mol. The third-order valence-electron chi connectivity index (χ3n) is 5.77. The molecule has 1 heterocycles. The molecule has 2 aliphatic rings. The number of piperazine rings is 1. The molecule has 0 atom stereocenters. The van der Waals surface area contributed by atoms with Gasteiger partial charge < -0.3 is 10.2 Å². The fourth-order valence-electron chi connectivity index (χ4n) is 4.14. The van der Waals surface area contributed by atoms with Crippen molar-refractivity contribution in [1.82, 2.24) is 10.2 Å². The maximum atomic E-state index is 13.3. The molecule has 4 heteroatoms. The number of carbonyl (C=O) groups excluding carboxylic acids is 2. The van der Waals surface area contributed by atoms with Gasteiger partial charge in [-0.2, -0.15) is 0 Å². The second-order valence-electron chi connectivity index (χ2n) is 6.86. The van der Waals surface area contributed by atoms with Crippen molar-refractivity contribution in [2.75, 3.05) is 0 Å². The van der Waals surface area contributed by atoms with Gasteiger partial charge in [0.25, 0.3) is 0 Å². The molecule has 0 aromatic heterocycles. The summed E-state index contributed by atoms with van der Waals surface area (Å²) in [4.78, 5) is 28.2. The molecule has 1 saturated carbocycles. The third-order valence-corrected chi connectivity index (χ3v) is 5.77. The van der Waals surface area contributed by atoms with Gasteiger partial charge in [0, 0.05) is 6.54 Å². The number of hydrogen-bond acceptors (Lipinski definition) is 2. The molecular formula is C19H26N2O2. The highest BCUT2D eigenvalue weighted by molar-refractivity contribution is 6.02. The molecule has 3 rings (SSSR count). The van der Waals surface area contributed by atoms with Crippen LogP contribution in [0.1, 0.15) is 57.9 Å². The van der Waals surface area contributed by atoms with Gasteiger partial charge in [0.05, 0.1) is 0 Å². The van der Waals surface area contributed by atoms with Crippen LogP contribution < -0.4 is 5.32 Å². The summed E-state index contributed by atoms with van der Waals surface area (Å²) in [6.07, 6.45) is 4.85. The zero-order chi connectivity index (χ0) is 16.5. The van der Waals surface area contributed by atoms with Crippen LogP contribution in [0.4, 0.5) is 0 Å². The van der Waals surface area contributed by atoms with Crippen LogP contribution in [0.5, 0.6) is 0 Å². The van der Waals surface area contributed by atoms with Gasteiger partial charge in [-0.3, -0.25) is 9.59 Å². The lowest BCUT2D eigenvalue weighted by molar-refractivity contribution is -0.164. The van der Waals surface area contributed by atoms with Crippen LogP contribution in [0.15, 0.2) is 30.3 Å². The minimum atomic E-state index is -0.736. The molecule has 1 aromatic rings. The Labute approximate surface area is 138 Å². The van der Waals surface area contributed by atoms with Crippen molar-refractivity contribution in [2.24, 2.45) is 0 Å². The number of rotatable bonds is 4. The van der Waals surface area contributed by atoms with Crippen molar-refractivity contribution in [1.29, 1.82) is 0 Å². The molecule has 1 N–H and O–H groups in total. The van der Waals surface area contributed by atoms with E-state index in [4.69, 9.17) is 0 Å². The van der Waals surface area contributed by atoms with Gasteiger partial charge in [0.2, 0.25) is 11.8 Å². The van der Waals surface area contributed by atoms with Gasteiger partial charge in [-0.25, -0.2) is 0 Å². The molecule has 23 heavy (non-hydrogen) atoms. The van der Waals surface area contributed by atoms with Crippen LogP contribution in [-0.2, 0) is 16.1 Å². The molecule has 0 unspecified atom stereocenters. The molecule has 2 amide bonds. The van der Waals surface area contributed by atoms with Crippen molar-refractivity contribution in [3.63, 3.8) is 0 Å². The molecule has 0 radical (unpaired) electrons. The van der Waals surface area contributed by atoms with E-state index in [2.05, 4.69) is 5.32 Å². The lowest BCUT2D eigenvalue weighted by Crippen LogP contribution is -2.74. The highest BCUT2D eigenvalue weighted by Crippen LogP contribution is 2.42. The number of hydrogen-bond donors (Lipinski definition) is 1. The van der Waals surface area contributed by atoms with E-state index in [-0.39, 0.29) is 11.8 Å². The Balaban J connectivity index is 2.01. The highest BCUT2D eigenvalue weighted by atomic mass is 16.2. The Morgan fingerprint density at radius 2 is 1.65 bits per heavy atom. The Kier molecular flexibility index (Phi) is 4.17. The van der Waals surface area contributed by atoms with Gasteiger partial charge in [-0.15, -0.1) is 0 Å². The van der Waals surface area contributed by atoms with Gasteiger partial charge in [0.15, 0.2) is 0 Å². The van der Waals surface area contributed by atoms with Crippen LogP contribution in [-0.4, -0.2) is 27.8 Å². The Morgan fingerprint density at radius 1 is 1.04 bits per heavy atom. The van der Waals surface area contributed by atoms with E-state index in [1.165, 1.54) is 0 Å². The quantitative estimate of drug-likeness (QED) is 0.928. The third kappa shape index (κ3) is 2.44. The summed E-state index contributed by atoms with van der Waals surface area (Å²) in [7, 11) is 0. The van der Waals surface area contributed by atoms with Crippen LogP contribution in [0.2, 0.25) is 0 Å². The lowest BCUT2D eigenvalue weighted by Gasteiger charge is -2.51. The molecule has 1 aliphatic heterocycles. The largest absolute Gasteiger partial charge is 0.340 e. The Bertz CT molecular complexity index is 587.